The lowest BCUT2D eigenvalue weighted by molar-refractivity contribution is 0.502. The number of aromatic nitrogens is 2. The average molecular weight is 306 g/mol. The van der Waals surface area contributed by atoms with Crippen LogP contribution in [0.15, 0.2) is 46.5 Å². The highest BCUT2D eigenvalue weighted by atomic mass is 32.2. The van der Waals surface area contributed by atoms with Gasteiger partial charge in [-0.25, -0.2) is 9.37 Å². The second-order valence-electron chi connectivity index (χ2n) is 5.40. The summed E-state index contributed by atoms with van der Waals surface area (Å²) >= 11 is 1.40. The maximum absolute atomic E-state index is 12.9. The van der Waals surface area contributed by atoms with Crippen molar-refractivity contribution in [2.24, 2.45) is 5.92 Å². The van der Waals surface area contributed by atoms with E-state index in [9.17, 15) is 9.18 Å². The Kier molecular flexibility index (Phi) is 5.17. The Morgan fingerprint density at radius 2 is 1.90 bits per heavy atom. The molecule has 0 N–H and O–H groups in total. The van der Waals surface area contributed by atoms with Gasteiger partial charge in [0.25, 0.3) is 5.56 Å². The molecule has 0 aliphatic carbocycles. The van der Waals surface area contributed by atoms with E-state index in [-0.39, 0.29) is 16.6 Å². The summed E-state index contributed by atoms with van der Waals surface area (Å²) in [5, 5.41) is 0.524. The van der Waals surface area contributed by atoms with E-state index in [2.05, 4.69) is 18.8 Å². The van der Waals surface area contributed by atoms with Crippen molar-refractivity contribution in [1.29, 1.82) is 0 Å². The van der Waals surface area contributed by atoms with Crippen LogP contribution in [-0.4, -0.2) is 9.55 Å². The highest BCUT2D eigenvalue weighted by molar-refractivity contribution is 7.99. The number of hydrogen-bond donors (Lipinski definition) is 0. The summed E-state index contributed by atoms with van der Waals surface area (Å²) in [4.78, 5) is 16.5. The van der Waals surface area contributed by atoms with Gasteiger partial charge in [-0.2, -0.15) is 0 Å². The fourth-order valence-corrected chi connectivity index (χ4v) is 2.98. The average Bonchev–Trinajstić information content (AvgIpc) is 2.43. The zero-order valence-corrected chi connectivity index (χ0v) is 13.2. The summed E-state index contributed by atoms with van der Waals surface area (Å²) in [6.45, 7) is 6.81. The van der Waals surface area contributed by atoms with Crippen LogP contribution in [0, 0.1) is 11.7 Å². The van der Waals surface area contributed by atoms with Crippen molar-refractivity contribution in [3.05, 3.63) is 58.4 Å². The van der Waals surface area contributed by atoms with Gasteiger partial charge < -0.3 is 4.57 Å². The van der Waals surface area contributed by atoms with Gasteiger partial charge in [-0.1, -0.05) is 37.7 Å². The standard InChI is InChI=1S/C16H19FN2OS/c1-11(2)10-19-9-8-18-15(16(19)20)21-12(3)13-4-6-14(17)7-5-13/h4-9,11-12H,10H2,1-3H3. The van der Waals surface area contributed by atoms with Crippen LogP contribution in [0.1, 0.15) is 31.6 Å². The molecule has 0 amide bonds. The van der Waals surface area contributed by atoms with Crippen LogP contribution < -0.4 is 5.56 Å². The molecular weight excluding hydrogens is 287 g/mol. The van der Waals surface area contributed by atoms with E-state index in [1.54, 1.807) is 29.1 Å². The molecule has 0 aliphatic rings. The fraction of sp³-hybridized carbons (Fsp3) is 0.375. The second-order valence-corrected chi connectivity index (χ2v) is 6.72. The van der Waals surface area contributed by atoms with Crippen LogP contribution in [0.4, 0.5) is 4.39 Å². The number of nitrogens with zero attached hydrogens (tertiary/aromatic N) is 2. The van der Waals surface area contributed by atoms with Gasteiger partial charge in [0.1, 0.15) is 5.82 Å². The summed E-state index contributed by atoms with van der Waals surface area (Å²) in [6, 6.07) is 6.34. The van der Waals surface area contributed by atoms with Gasteiger partial charge in [-0.15, -0.1) is 0 Å². The third-order valence-corrected chi connectivity index (χ3v) is 4.20. The summed E-state index contributed by atoms with van der Waals surface area (Å²) in [5.74, 6) is 0.144. The van der Waals surface area contributed by atoms with E-state index < -0.39 is 0 Å². The van der Waals surface area contributed by atoms with Crippen molar-refractivity contribution in [2.45, 2.75) is 37.6 Å². The molecule has 0 radical (unpaired) electrons. The third-order valence-electron chi connectivity index (χ3n) is 3.07. The molecule has 3 nitrogen and oxygen atoms in total. The van der Waals surface area contributed by atoms with Gasteiger partial charge in [0.2, 0.25) is 0 Å². The van der Waals surface area contributed by atoms with E-state index in [4.69, 9.17) is 0 Å². The molecular formula is C16H19FN2OS. The lowest BCUT2D eigenvalue weighted by Crippen LogP contribution is -2.24. The van der Waals surface area contributed by atoms with E-state index >= 15 is 0 Å². The van der Waals surface area contributed by atoms with E-state index in [0.717, 1.165) is 5.56 Å². The quantitative estimate of drug-likeness (QED) is 0.786. The summed E-state index contributed by atoms with van der Waals surface area (Å²) in [7, 11) is 0. The molecule has 1 aromatic carbocycles. The molecule has 2 aromatic rings. The Morgan fingerprint density at radius 1 is 1.24 bits per heavy atom. The van der Waals surface area contributed by atoms with Crippen LogP contribution in [0.2, 0.25) is 0 Å². The van der Waals surface area contributed by atoms with Crippen molar-refractivity contribution < 1.29 is 4.39 Å². The maximum atomic E-state index is 12.9. The molecule has 0 fully saturated rings. The monoisotopic (exact) mass is 306 g/mol. The second kappa shape index (κ2) is 6.89. The first-order valence-electron chi connectivity index (χ1n) is 6.95. The van der Waals surface area contributed by atoms with Gasteiger partial charge in [-0.3, -0.25) is 4.79 Å². The predicted molar refractivity (Wildman–Crippen MR) is 84.0 cm³/mol. The smallest absolute Gasteiger partial charge is 0.283 e. The lowest BCUT2D eigenvalue weighted by Gasteiger charge is -2.13. The zero-order chi connectivity index (χ0) is 15.4. The highest BCUT2D eigenvalue weighted by Crippen LogP contribution is 2.31. The summed E-state index contributed by atoms with van der Waals surface area (Å²) in [5.41, 5.74) is 0.909. The summed E-state index contributed by atoms with van der Waals surface area (Å²) < 4.78 is 14.6. The molecule has 2 rings (SSSR count). The molecule has 112 valence electrons. The number of halogens is 1. The van der Waals surface area contributed by atoms with Gasteiger partial charge in [0.05, 0.1) is 0 Å². The highest BCUT2D eigenvalue weighted by Gasteiger charge is 2.13. The SMILES string of the molecule is CC(C)Cn1ccnc(SC(C)c2ccc(F)cc2)c1=O. The number of rotatable bonds is 5. The molecule has 1 heterocycles. The topological polar surface area (TPSA) is 34.9 Å². The molecule has 0 bridgehead atoms. The molecule has 21 heavy (non-hydrogen) atoms. The predicted octanol–water partition coefficient (Wildman–Crippen LogP) is 3.89. The van der Waals surface area contributed by atoms with Crippen molar-refractivity contribution in [1.82, 2.24) is 9.55 Å². The molecule has 5 heteroatoms. The van der Waals surface area contributed by atoms with Crippen molar-refractivity contribution in [3.8, 4) is 0 Å². The van der Waals surface area contributed by atoms with Gasteiger partial charge in [0.15, 0.2) is 5.03 Å². The van der Waals surface area contributed by atoms with Crippen LogP contribution in [0.5, 0.6) is 0 Å². The van der Waals surface area contributed by atoms with Crippen molar-refractivity contribution in [2.75, 3.05) is 0 Å². The molecule has 0 spiro atoms. The Balaban J connectivity index is 2.19. The minimum atomic E-state index is -0.256. The zero-order valence-electron chi connectivity index (χ0n) is 12.4. The Hall–Kier alpha value is -1.62. The minimum absolute atomic E-state index is 0.0423. The number of benzene rings is 1. The van der Waals surface area contributed by atoms with Crippen LogP contribution in [-0.2, 0) is 6.54 Å². The first-order chi connectivity index (χ1) is 9.97. The normalized spacial score (nSPS) is 12.6. The largest absolute Gasteiger partial charge is 0.311 e. The minimum Gasteiger partial charge on any atom is -0.311 e. The fourth-order valence-electron chi connectivity index (χ4n) is 2.01. The molecule has 0 aliphatic heterocycles. The van der Waals surface area contributed by atoms with Crippen molar-refractivity contribution >= 4 is 11.8 Å². The number of thioether (sulfide) groups is 1. The Morgan fingerprint density at radius 3 is 2.52 bits per heavy atom. The molecule has 0 saturated carbocycles. The first kappa shape index (κ1) is 15.8. The van der Waals surface area contributed by atoms with E-state index in [1.165, 1.54) is 23.9 Å². The van der Waals surface area contributed by atoms with Gasteiger partial charge in [0, 0.05) is 24.2 Å². The lowest BCUT2D eigenvalue weighted by atomic mass is 10.2. The Labute approximate surface area is 128 Å². The van der Waals surface area contributed by atoms with Crippen LogP contribution in [0.25, 0.3) is 0 Å². The first-order valence-corrected chi connectivity index (χ1v) is 7.83. The Bertz CT molecular complexity index is 652. The maximum Gasteiger partial charge on any atom is 0.283 e. The van der Waals surface area contributed by atoms with Gasteiger partial charge >= 0.3 is 0 Å². The molecule has 1 unspecified atom stereocenters. The van der Waals surface area contributed by atoms with E-state index in [1.807, 2.05) is 6.92 Å². The number of hydrogen-bond acceptors (Lipinski definition) is 3. The van der Waals surface area contributed by atoms with Crippen molar-refractivity contribution in [3.63, 3.8) is 0 Å². The molecule has 1 aromatic heterocycles. The van der Waals surface area contributed by atoms with Crippen LogP contribution in [0.3, 0.4) is 0 Å². The molecule has 0 saturated heterocycles. The van der Waals surface area contributed by atoms with Crippen LogP contribution >= 0.6 is 11.8 Å². The third kappa shape index (κ3) is 4.17. The van der Waals surface area contributed by atoms with Gasteiger partial charge in [-0.05, 0) is 30.5 Å². The molecule has 1 atom stereocenters. The van der Waals surface area contributed by atoms with E-state index in [0.29, 0.717) is 17.5 Å². The summed E-state index contributed by atoms with van der Waals surface area (Å²) in [6.07, 6.45) is 3.37.